The molecule has 2 aromatic carbocycles. The monoisotopic (exact) mass is 409 g/mol. The molecule has 5 heteroatoms. The Morgan fingerprint density at radius 1 is 0.967 bits per heavy atom. The second-order valence-electron chi connectivity index (χ2n) is 8.22. The van der Waals surface area contributed by atoms with Crippen molar-refractivity contribution in [2.24, 2.45) is 5.92 Å². The topological polar surface area (TPSA) is 86.6 Å². The van der Waals surface area contributed by atoms with Gasteiger partial charge in [0, 0.05) is 5.92 Å². The van der Waals surface area contributed by atoms with Gasteiger partial charge in [-0.05, 0) is 48.8 Å². The van der Waals surface area contributed by atoms with Gasteiger partial charge in [0.1, 0.15) is 0 Å². The summed E-state index contributed by atoms with van der Waals surface area (Å²) in [5.74, 6) is -1.78. The molecule has 1 saturated carbocycles. The predicted molar refractivity (Wildman–Crippen MR) is 117 cm³/mol. The molecule has 30 heavy (non-hydrogen) atoms. The highest BCUT2D eigenvalue weighted by Crippen LogP contribution is 2.22. The number of amides is 1. The smallest absolute Gasteiger partial charge is 0.304 e. The van der Waals surface area contributed by atoms with Crippen molar-refractivity contribution in [3.63, 3.8) is 0 Å². The molecule has 5 nitrogen and oxygen atoms in total. The number of carboxylic acids is 1. The van der Waals surface area contributed by atoms with Gasteiger partial charge < -0.3 is 15.5 Å². The molecule has 1 fully saturated rings. The first-order valence-electron chi connectivity index (χ1n) is 10.9. The van der Waals surface area contributed by atoms with Gasteiger partial charge in [-0.3, -0.25) is 9.59 Å². The van der Waals surface area contributed by atoms with Gasteiger partial charge in [0.15, 0.2) is 0 Å². The van der Waals surface area contributed by atoms with E-state index in [-0.39, 0.29) is 18.4 Å². The van der Waals surface area contributed by atoms with E-state index >= 15 is 0 Å². The van der Waals surface area contributed by atoms with Gasteiger partial charge in [-0.15, -0.1) is 0 Å². The first-order valence-corrected chi connectivity index (χ1v) is 10.9. The fourth-order valence-electron chi connectivity index (χ4n) is 4.16. The van der Waals surface area contributed by atoms with Gasteiger partial charge in [-0.1, -0.05) is 67.4 Å². The molecule has 2 aromatic rings. The Morgan fingerprint density at radius 3 is 2.30 bits per heavy atom. The van der Waals surface area contributed by atoms with E-state index in [1.807, 2.05) is 18.2 Å². The average Bonchev–Trinajstić information content (AvgIpc) is 2.75. The number of aliphatic hydroxyl groups is 1. The molecule has 3 atom stereocenters. The molecule has 0 saturated heterocycles. The highest BCUT2D eigenvalue weighted by molar-refractivity contribution is 5.83. The van der Waals surface area contributed by atoms with E-state index in [2.05, 4.69) is 41.7 Å². The van der Waals surface area contributed by atoms with E-state index in [9.17, 15) is 19.8 Å². The molecule has 0 bridgehead atoms. The van der Waals surface area contributed by atoms with Crippen LogP contribution in [0.4, 0.5) is 0 Å². The van der Waals surface area contributed by atoms with Crippen LogP contribution >= 0.6 is 0 Å². The number of hydrogen-bond acceptors (Lipinski definition) is 3. The number of carboxylic acid groups (broad SMARTS) is 1. The summed E-state index contributed by atoms with van der Waals surface area (Å²) in [4.78, 5) is 23.9. The van der Waals surface area contributed by atoms with Crippen molar-refractivity contribution in [2.45, 2.75) is 63.5 Å². The molecule has 1 aliphatic carbocycles. The van der Waals surface area contributed by atoms with Crippen molar-refractivity contribution in [3.05, 3.63) is 60.2 Å². The molecule has 3 rings (SSSR count). The summed E-state index contributed by atoms with van der Waals surface area (Å²) < 4.78 is 0. The van der Waals surface area contributed by atoms with Crippen molar-refractivity contribution in [1.29, 1.82) is 0 Å². The summed E-state index contributed by atoms with van der Waals surface area (Å²) in [6, 6.07) is 18.3. The molecule has 160 valence electrons. The van der Waals surface area contributed by atoms with Gasteiger partial charge >= 0.3 is 5.97 Å². The van der Waals surface area contributed by atoms with E-state index in [1.54, 1.807) is 0 Å². The molecule has 0 spiro atoms. The van der Waals surface area contributed by atoms with E-state index in [4.69, 9.17) is 0 Å². The number of nitrogens with one attached hydrogen (secondary N) is 1. The van der Waals surface area contributed by atoms with Crippen LogP contribution in [0.5, 0.6) is 0 Å². The third-order valence-corrected chi connectivity index (χ3v) is 5.93. The standard InChI is InChI=1S/C25H31NO4/c27-23-12-5-4-11-22(23)26-25(30)21(17-24(28)29)10-6-7-18-13-15-20(16-14-18)19-8-2-1-3-9-19/h1-3,8-9,13-16,21-23,27H,4-7,10-12,17H2,(H,26,30)(H,28,29). The lowest BCUT2D eigenvalue weighted by Crippen LogP contribution is -2.47. The first-order chi connectivity index (χ1) is 14.5. The van der Waals surface area contributed by atoms with Crippen LogP contribution in [0.15, 0.2) is 54.6 Å². The Kier molecular flexibility index (Phi) is 8.03. The number of aryl methyl sites for hydroxylation is 1. The Bertz CT molecular complexity index is 819. The van der Waals surface area contributed by atoms with Crippen LogP contribution < -0.4 is 5.32 Å². The number of aliphatic hydroxyl groups excluding tert-OH is 1. The molecule has 3 N–H and O–H groups in total. The lowest BCUT2D eigenvalue weighted by molar-refractivity contribution is -0.141. The second kappa shape index (κ2) is 10.9. The highest BCUT2D eigenvalue weighted by Gasteiger charge is 2.28. The summed E-state index contributed by atoms with van der Waals surface area (Å²) in [5.41, 5.74) is 3.51. The first kappa shape index (κ1) is 22.0. The van der Waals surface area contributed by atoms with E-state index < -0.39 is 18.0 Å². The molecule has 0 radical (unpaired) electrons. The van der Waals surface area contributed by atoms with Crippen LogP contribution in [0, 0.1) is 5.92 Å². The third-order valence-electron chi connectivity index (χ3n) is 5.93. The normalized spacial score (nSPS) is 19.8. The fourth-order valence-corrected chi connectivity index (χ4v) is 4.16. The van der Waals surface area contributed by atoms with Crippen molar-refractivity contribution < 1.29 is 19.8 Å². The maximum Gasteiger partial charge on any atom is 0.304 e. The molecule has 3 unspecified atom stereocenters. The van der Waals surface area contributed by atoms with E-state index in [1.165, 1.54) is 11.1 Å². The van der Waals surface area contributed by atoms with Crippen molar-refractivity contribution in [1.82, 2.24) is 5.32 Å². The van der Waals surface area contributed by atoms with Crippen LogP contribution in [-0.4, -0.2) is 34.2 Å². The number of hydrogen-bond donors (Lipinski definition) is 3. The Hall–Kier alpha value is -2.66. The fraction of sp³-hybridized carbons (Fsp3) is 0.440. The van der Waals surface area contributed by atoms with E-state index in [0.29, 0.717) is 12.8 Å². The summed E-state index contributed by atoms with van der Waals surface area (Å²) in [6.45, 7) is 0. The van der Waals surface area contributed by atoms with Gasteiger partial charge in [0.05, 0.1) is 18.6 Å². The molecule has 1 aliphatic rings. The minimum absolute atomic E-state index is 0.179. The predicted octanol–water partition coefficient (Wildman–Crippen LogP) is 4.19. The minimum atomic E-state index is -0.966. The molecular weight excluding hydrogens is 378 g/mol. The maximum absolute atomic E-state index is 12.7. The lowest BCUT2D eigenvalue weighted by atomic mass is 9.90. The number of aliphatic carboxylic acids is 1. The van der Waals surface area contributed by atoms with Crippen LogP contribution in [-0.2, 0) is 16.0 Å². The zero-order valence-electron chi connectivity index (χ0n) is 17.3. The van der Waals surface area contributed by atoms with Crippen LogP contribution in [0.3, 0.4) is 0 Å². The molecule has 0 heterocycles. The Labute approximate surface area is 178 Å². The van der Waals surface area contributed by atoms with Crippen molar-refractivity contribution >= 4 is 11.9 Å². The van der Waals surface area contributed by atoms with Crippen LogP contribution in [0.1, 0.15) is 50.5 Å². The van der Waals surface area contributed by atoms with Gasteiger partial charge in [0.2, 0.25) is 5.91 Å². The summed E-state index contributed by atoms with van der Waals surface area (Å²) in [5, 5.41) is 22.2. The second-order valence-corrected chi connectivity index (χ2v) is 8.22. The van der Waals surface area contributed by atoms with Gasteiger partial charge in [-0.2, -0.15) is 0 Å². The zero-order valence-corrected chi connectivity index (χ0v) is 17.3. The molecule has 1 amide bonds. The SMILES string of the molecule is O=C(O)CC(CCCc1ccc(-c2ccccc2)cc1)C(=O)NC1CCCCC1O. The lowest BCUT2D eigenvalue weighted by Gasteiger charge is -2.29. The number of carbonyl (C=O) groups is 2. The molecular formula is C25H31NO4. The number of benzene rings is 2. The highest BCUT2D eigenvalue weighted by atomic mass is 16.4. The average molecular weight is 410 g/mol. The largest absolute Gasteiger partial charge is 0.481 e. The maximum atomic E-state index is 12.7. The Morgan fingerprint density at radius 2 is 1.63 bits per heavy atom. The van der Waals surface area contributed by atoms with Crippen LogP contribution in [0.25, 0.3) is 11.1 Å². The van der Waals surface area contributed by atoms with Gasteiger partial charge in [-0.25, -0.2) is 0 Å². The summed E-state index contributed by atoms with van der Waals surface area (Å²) in [6.07, 6.45) is 4.72. The summed E-state index contributed by atoms with van der Waals surface area (Å²) in [7, 11) is 0. The number of carbonyl (C=O) groups excluding carboxylic acids is 1. The molecule has 0 aromatic heterocycles. The van der Waals surface area contributed by atoms with Crippen LogP contribution in [0.2, 0.25) is 0 Å². The summed E-state index contributed by atoms with van der Waals surface area (Å²) >= 11 is 0. The quantitative estimate of drug-likeness (QED) is 0.580. The van der Waals surface area contributed by atoms with Crippen molar-refractivity contribution in [3.8, 4) is 11.1 Å². The molecule has 0 aliphatic heterocycles. The minimum Gasteiger partial charge on any atom is -0.481 e. The van der Waals surface area contributed by atoms with Gasteiger partial charge in [0.25, 0.3) is 0 Å². The van der Waals surface area contributed by atoms with E-state index in [0.717, 1.165) is 37.7 Å². The Balaban J connectivity index is 1.52. The number of rotatable bonds is 9. The third kappa shape index (κ3) is 6.42. The zero-order chi connectivity index (χ0) is 21.3. The van der Waals surface area contributed by atoms with Crippen molar-refractivity contribution in [2.75, 3.05) is 0 Å².